The maximum Gasteiger partial charge on any atom is 0.270 e. The van der Waals surface area contributed by atoms with E-state index in [0.29, 0.717) is 29.8 Å². The second-order valence-electron chi connectivity index (χ2n) is 10.9. The van der Waals surface area contributed by atoms with Crippen molar-refractivity contribution in [2.45, 2.75) is 49.6 Å². The molecule has 0 aliphatic heterocycles. The standard InChI is InChI=1S/C26H33FN6O2/c1-33(2)10-9-28-22-8-4-6-20(30-22)24(35)32-26-14-17-11-18(15-26)13-25(12-17,16-26)31-23(34)19-5-3-7-21(27)29-19/h3-8,17-18H,9-16H2,1-2H3,(H,28,30)(H,31,34)(H,32,35). The molecule has 2 aromatic rings. The van der Waals surface area contributed by atoms with Crippen LogP contribution in [0.15, 0.2) is 36.4 Å². The molecule has 2 aromatic heterocycles. The average molecular weight is 481 g/mol. The van der Waals surface area contributed by atoms with Gasteiger partial charge in [-0.05, 0) is 88.7 Å². The van der Waals surface area contributed by atoms with Gasteiger partial charge in [-0.3, -0.25) is 9.59 Å². The molecule has 8 nitrogen and oxygen atoms in total. The predicted octanol–water partition coefficient (Wildman–Crippen LogP) is 2.84. The Labute approximate surface area is 205 Å². The number of nitrogens with one attached hydrogen (secondary N) is 3. The second kappa shape index (κ2) is 9.18. The summed E-state index contributed by atoms with van der Waals surface area (Å²) in [5, 5.41) is 9.79. The van der Waals surface area contributed by atoms with E-state index in [1.165, 1.54) is 18.2 Å². The first-order valence-electron chi connectivity index (χ1n) is 12.4. The van der Waals surface area contributed by atoms with Gasteiger partial charge in [0.25, 0.3) is 11.8 Å². The molecule has 186 valence electrons. The van der Waals surface area contributed by atoms with Crippen LogP contribution in [0.1, 0.15) is 59.5 Å². The number of pyridine rings is 2. The molecular weight excluding hydrogens is 447 g/mol. The van der Waals surface area contributed by atoms with Crippen molar-refractivity contribution < 1.29 is 14.0 Å². The molecule has 6 rings (SSSR count). The van der Waals surface area contributed by atoms with Crippen molar-refractivity contribution in [3.8, 4) is 0 Å². The summed E-state index contributed by atoms with van der Waals surface area (Å²) in [5.74, 6) is 0.338. The third kappa shape index (κ3) is 5.15. The molecule has 9 heteroatoms. The van der Waals surface area contributed by atoms with E-state index in [4.69, 9.17) is 0 Å². The fourth-order valence-electron chi connectivity index (χ4n) is 6.77. The summed E-state index contributed by atoms with van der Waals surface area (Å²) in [4.78, 5) is 36.6. The van der Waals surface area contributed by atoms with Crippen molar-refractivity contribution in [1.82, 2.24) is 25.5 Å². The molecule has 0 radical (unpaired) electrons. The van der Waals surface area contributed by atoms with Crippen molar-refractivity contribution >= 4 is 17.6 Å². The van der Waals surface area contributed by atoms with Crippen molar-refractivity contribution in [2.75, 3.05) is 32.5 Å². The lowest BCUT2D eigenvalue weighted by molar-refractivity contribution is -0.0449. The number of carbonyl (C=O) groups excluding carboxylic acids is 2. The first-order valence-corrected chi connectivity index (χ1v) is 12.4. The van der Waals surface area contributed by atoms with Gasteiger partial charge in [-0.15, -0.1) is 0 Å². The average Bonchev–Trinajstić information content (AvgIpc) is 2.77. The fourth-order valence-corrected chi connectivity index (χ4v) is 6.77. The molecule has 0 aromatic carbocycles. The number of likely N-dealkylation sites (N-methyl/N-ethyl adjacent to an activating group) is 1. The number of anilines is 1. The molecule has 4 fully saturated rings. The molecule has 4 bridgehead atoms. The lowest BCUT2D eigenvalue weighted by Gasteiger charge is -2.62. The van der Waals surface area contributed by atoms with Gasteiger partial charge in [0.1, 0.15) is 17.2 Å². The normalized spacial score (nSPS) is 28.7. The quantitative estimate of drug-likeness (QED) is 0.503. The van der Waals surface area contributed by atoms with Crippen LogP contribution in [0.4, 0.5) is 10.2 Å². The lowest BCUT2D eigenvalue weighted by Crippen LogP contribution is -2.70. The Balaban J connectivity index is 1.30. The molecule has 4 aliphatic carbocycles. The van der Waals surface area contributed by atoms with Crippen LogP contribution in [-0.4, -0.2) is 64.9 Å². The molecule has 3 N–H and O–H groups in total. The SMILES string of the molecule is CN(C)CCNc1cccc(C(=O)NC23CC4CC(CC(NC(=O)c5cccc(F)n5)(C4)C2)C3)n1. The number of nitrogens with zero attached hydrogens (tertiary/aromatic N) is 3. The van der Waals surface area contributed by atoms with E-state index in [1.807, 2.05) is 26.2 Å². The summed E-state index contributed by atoms with van der Waals surface area (Å²) in [6.45, 7) is 1.60. The van der Waals surface area contributed by atoms with Gasteiger partial charge >= 0.3 is 0 Å². The van der Waals surface area contributed by atoms with Crippen LogP contribution >= 0.6 is 0 Å². The molecular formula is C26H33FN6O2. The Morgan fingerprint density at radius 2 is 1.51 bits per heavy atom. The molecule has 0 spiro atoms. The van der Waals surface area contributed by atoms with Crippen molar-refractivity contribution in [1.29, 1.82) is 0 Å². The molecule has 4 aliphatic rings. The summed E-state index contributed by atoms with van der Waals surface area (Å²) in [6.07, 6.45) is 5.37. The molecule has 35 heavy (non-hydrogen) atoms. The third-order valence-electron chi connectivity index (χ3n) is 7.61. The van der Waals surface area contributed by atoms with Crippen LogP contribution < -0.4 is 16.0 Å². The molecule has 2 heterocycles. The largest absolute Gasteiger partial charge is 0.369 e. The first-order chi connectivity index (χ1) is 16.7. The van der Waals surface area contributed by atoms with Gasteiger partial charge in [0.2, 0.25) is 5.95 Å². The van der Waals surface area contributed by atoms with E-state index in [0.717, 1.165) is 45.2 Å². The highest BCUT2D eigenvalue weighted by molar-refractivity contribution is 5.94. The monoisotopic (exact) mass is 480 g/mol. The maximum atomic E-state index is 13.6. The zero-order valence-corrected chi connectivity index (χ0v) is 20.3. The third-order valence-corrected chi connectivity index (χ3v) is 7.61. The van der Waals surface area contributed by atoms with Crippen molar-refractivity contribution in [3.63, 3.8) is 0 Å². The molecule has 0 saturated heterocycles. The summed E-state index contributed by atoms with van der Waals surface area (Å²) >= 11 is 0. The van der Waals surface area contributed by atoms with Gasteiger partial charge in [-0.1, -0.05) is 12.1 Å². The Hall–Kier alpha value is -3.07. The Bertz CT molecular complexity index is 1110. The van der Waals surface area contributed by atoms with Crippen LogP contribution in [0.3, 0.4) is 0 Å². The van der Waals surface area contributed by atoms with Crippen LogP contribution in [0.2, 0.25) is 0 Å². The van der Waals surface area contributed by atoms with Crippen LogP contribution in [-0.2, 0) is 0 Å². The highest BCUT2D eigenvalue weighted by atomic mass is 19.1. The highest BCUT2D eigenvalue weighted by Crippen LogP contribution is 2.57. The minimum Gasteiger partial charge on any atom is -0.369 e. The Morgan fingerprint density at radius 1 is 0.943 bits per heavy atom. The number of hydrogen-bond donors (Lipinski definition) is 3. The minimum absolute atomic E-state index is 0.0848. The van der Waals surface area contributed by atoms with Crippen LogP contribution in [0.5, 0.6) is 0 Å². The second-order valence-corrected chi connectivity index (χ2v) is 10.9. The lowest BCUT2D eigenvalue weighted by atomic mass is 9.49. The van der Waals surface area contributed by atoms with Gasteiger partial charge in [0, 0.05) is 24.2 Å². The van der Waals surface area contributed by atoms with E-state index in [-0.39, 0.29) is 23.0 Å². The predicted molar refractivity (Wildman–Crippen MR) is 131 cm³/mol. The van der Waals surface area contributed by atoms with Gasteiger partial charge in [-0.2, -0.15) is 4.39 Å². The smallest absolute Gasteiger partial charge is 0.270 e. The van der Waals surface area contributed by atoms with Gasteiger partial charge in [-0.25, -0.2) is 9.97 Å². The highest BCUT2D eigenvalue weighted by Gasteiger charge is 2.58. The fraction of sp³-hybridized carbons (Fsp3) is 0.538. The summed E-state index contributed by atoms with van der Waals surface area (Å²) in [6, 6.07) is 9.69. The van der Waals surface area contributed by atoms with E-state index in [9.17, 15) is 14.0 Å². The molecule has 2 amide bonds. The number of amides is 2. The van der Waals surface area contributed by atoms with Crippen LogP contribution in [0, 0.1) is 17.8 Å². The topological polar surface area (TPSA) is 99.2 Å². The summed E-state index contributed by atoms with van der Waals surface area (Å²) in [7, 11) is 4.02. The number of halogens is 1. The van der Waals surface area contributed by atoms with Crippen molar-refractivity contribution in [2.24, 2.45) is 11.8 Å². The Morgan fingerprint density at radius 3 is 2.09 bits per heavy atom. The van der Waals surface area contributed by atoms with Gasteiger partial charge in [0.05, 0.1) is 0 Å². The van der Waals surface area contributed by atoms with E-state index < -0.39 is 11.5 Å². The van der Waals surface area contributed by atoms with E-state index in [2.05, 4.69) is 30.8 Å². The number of hydrogen-bond acceptors (Lipinski definition) is 6. The number of rotatable bonds is 8. The van der Waals surface area contributed by atoms with Crippen molar-refractivity contribution in [3.05, 3.63) is 53.7 Å². The summed E-state index contributed by atoms with van der Waals surface area (Å²) < 4.78 is 13.6. The molecule has 2 atom stereocenters. The minimum atomic E-state index is -0.669. The first kappa shape index (κ1) is 23.7. The summed E-state index contributed by atoms with van der Waals surface area (Å²) in [5.41, 5.74) is -0.315. The van der Waals surface area contributed by atoms with Gasteiger partial charge < -0.3 is 20.9 Å². The zero-order chi connectivity index (χ0) is 24.6. The van der Waals surface area contributed by atoms with Gasteiger partial charge in [0.15, 0.2) is 0 Å². The number of aromatic nitrogens is 2. The number of carbonyl (C=O) groups is 2. The molecule has 4 saturated carbocycles. The van der Waals surface area contributed by atoms with Crippen LogP contribution in [0.25, 0.3) is 0 Å². The maximum absolute atomic E-state index is 13.6. The van der Waals surface area contributed by atoms with E-state index in [1.54, 1.807) is 6.07 Å². The molecule has 2 unspecified atom stereocenters. The van der Waals surface area contributed by atoms with E-state index >= 15 is 0 Å². The Kier molecular flexibility index (Phi) is 6.21. The zero-order valence-electron chi connectivity index (χ0n) is 20.3.